The highest BCUT2D eigenvalue weighted by Gasteiger charge is 2.16. The van der Waals surface area contributed by atoms with E-state index < -0.39 is 17.8 Å². The van der Waals surface area contributed by atoms with Crippen LogP contribution in [0.5, 0.6) is 0 Å². The lowest BCUT2D eigenvalue weighted by atomic mass is 10.1. The summed E-state index contributed by atoms with van der Waals surface area (Å²) in [7, 11) is 1.24. The summed E-state index contributed by atoms with van der Waals surface area (Å²) >= 11 is 11.9. The zero-order chi connectivity index (χ0) is 19.1. The number of nitrogens with one attached hydrogen (secondary N) is 2. The molecule has 0 atom stereocenters. The highest BCUT2D eigenvalue weighted by atomic mass is 35.5. The van der Waals surface area contributed by atoms with Crippen molar-refractivity contribution >= 4 is 46.7 Å². The fourth-order valence-electron chi connectivity index (χ4n) is 2.14. The second-order valence-corrected chi connectivity index (χ2v) is 6.12. The van der Waals surface area contributed by atoms with Crippen molar-refractivity contribution in [1.82, 2.24) is 5.32 Å². The number of hydrogen-bond acceptors (Lipinski definition) is 4. The van der Waals surface area contributed by atoms with E-state index in [0.717, 1.165) is 5.56 Å². The number of rotatable bonds is 5. The number of methoxy groups -OCH3 is 1. The molecule has 0 aliphatic heterocycles. The molecule has 0 fully saturated rings. The van der Waals surface area contributed by atoms with Crippen LogP contribution in [0.4, 0.5) is 5.69 Å². The van der Waals surface area contributed by atoms with Crippen LogP contribution in [0.25, 0.3) is 0 Å². The minimum atomic E-state index is -0.889. The van der Waals surface area contributed by atoms with Gasteiger partial charge in [0.15, 0.2) is 0 Å². The summed E-state index contributed by atoms with van der Waals surface area (Å²) in [5, 5.41) is 5.68. The van der Waals surface area contributed by atoms with E-state index in [1.165, 1.54) is 25.3 Å². The van der Waals surface area contributed by atoms with Crippen LogP contribution in [0, 0.1) is 0 Å². The van der Waals surface area contributed by atoms with Crippen molar-refractivity contribution in [3.05, 3.63) is 63.6 Å². The number of anilines is 1. The van der Waals surface area contributed by atoms with Gasteiger partial charge in [-0.25, -0.2) is 4.79 Å². The van der Waals surface area contributed by atoms with E-state index in [-0.39, 0.29) is 22.8 Å². The van der Waals surface area contributed by atoms with Crippen molar-refractivity contribution in [3.63, 3.8) is 0 Å². The lowest BCUT2D eigenvalue weighted by Crippen LogP contribution is -2.36. The number of carbonyl (C=O) groups is 3. The van der Waals surface area contributed by atoms with Gasteiger partial charge in [0.2, 0.25) is 0 Å². The zero-order valence-corrected chi connectivity index (χ0v) is 15.4. The molecule has 0 heterocycles. The Morgan fingerprint density at radius 2 is 1.81 bits per heavy atom. The summed E-state index contributed by atoms with van der Waals surface area (Å²) in [6.07, 6.45) is 0.526. The van der Waals surface area contributed by atoms with Crippen LogP contribution in [-0.2, 0) is 20.7 Å². The molecule has 0 aliphatic rings. The van der Waals surface area contributed by atoms with Crippen molar-refractivity contribution in [1.29, 1.82) is 0 Å². The molecule has 8 heteroatoms. The molecule has 2 rings (SSSR count). The van der Waals surface area contributed by atoms with Crippen LogP contribution in [0.2, 0.25) is 10.0 Å². The molecule has 2 N–H and O–H groups in total. The van der Waals surface area contributed by atoms with E-state index >= 15 is 0 Å². The van der Waals surface area contributed by atoms with Gasteiger partial charge in [-0.05, 0) is 42.3 Å². The second kappa shape index (κ2) is 9.22. The Morgan fingerprint density at radius 1 is 1.04 bits per heavy atom. The maximum Gasteiger partial charge on any atom is 0.337 e. The van der Waals surface area contributed by atoms with Gasteiger partial charge in [-0.1, -0.05) is 35.3 Å². The smallest absolute Gasteiger partial charge is 0.337 e. The average molecular weight is 395 g/mol. The predicted molar refractivity (Wildman–Crippen MR) is 99.6 cm³/mol. The van der Waals surface area contributed by atoms with Crippen molar-refractivity contribution in [3.8, 4) is 0 Å². The van der Waals surface area contributed by atoms with Gasteiger partial charge in [0.1, 0.15) is 0 Å². The lowest BCUT2D eigenvalue weighted by molar-refractivity contribution is -0.136. The van der Waals surface area contributed by atoms with Crippen molar-refractivity contribution in [2.75, 3.05) is 19.0 Å². The molecule has 0 aliphatic carbocycles. The minimum Gasteiger partial charge on any atom is -0.465 e. The first kappa shape index (κ1) is 19.8. The van der Waals surface area contributed by atoms with Crippen LogP contribution in [-0.4, -0.2) is 31.4 Å². The van der Waals surface area contributed by atoms with Gasteiger partial charge in [0.05, 0.1) is 23.4 Å². The van der Waals surface area contributed by atoms with Gasteiger partial charge in [-0.2, -0.15) is 0 Å². The maximum absolute atomic E-state index is 12.0. The molecule has 0 aromatic heterocycles. The Balaban J connectivity index is 1.92. The van der Waals surface area contributed by atoms with Crippen molar-refractivity contribution < 1.29 is 19.1 Å². The van der Waals surface area contributed by atoms with E-state index in [4.69, 9.17) is 23.2 Å². The number of esters is 1. The van der Waals surface area contributed by atoms with Gasteiger partial charge in [0.25, 0.3) is 0 Å². The fourth-order valence-corrected chi connectivity index (χ4v) is 2.52. The third kappa shape index (κ3) is 5.47. The van der Waals surface area contributed by atoms with Gasteiger partial charge < -0.3 is 15.4 Å². The topological polar surface area (TPSA) is 84.5 Å². The summed E-state index contributed by atoms with van der Waals surface area (Å²) in [6.45, 7) is 0.266. The van der Waals surface area contributed by atoms with Crippen molar-refractivity contribution in [2.24, 2.45) is 0 Å². The highest BCUT2D eigenvalue weighted by molar-refractivity contribution is 6.41. The third-order valence-corrected chi connectivity index (χ3v) is 3.99. The number of halogens is 2. The molecule has 0 saturated carbocycles. The Kier molecular flexibility index (Phi) is 7.00. The Morgan fingerprint density at radius 3 is 2.50 bits per heavy atom. The molecule has 0 radical (unpaired) electrons. The van der Waals surface area contributed by atoms with E-state index in [2.05, 4.69) is 15.4 Å². The van der Waals surface area contributed by atoms with Gasteiger partial charge in [-0.15, -0.1) is 0 Å². The quantitative estimate of drug-likeness (QED) is 0.602. The Hall–Kier alpha value is -2.57. The lowest BCUT2D eigenvalue weighted by Gasteiger charge is -2.09. The molecule has 0 unspecified atom stereocenters. The molecule has 0 saturated heterocycles. The van der Waals surface area contributed by atoms with Gasteiger partial charge >= 0.3 is 17.8 Å². The minimum absolute atomic E-state index is 0.143. The van der Waals surface area contributed by atoms with Crippen LogP contribution in [0.1, 0.15) is 15.9 Å². The van der Waals surface area contributed by atoms with Crippen LogP contribution in [0.3, 0.4) is 0 Å². The average Bonchev–Trinajstić information content (AvgIpc) is 2.62. The molecule has 2 amide bonds. The molecule has 0 spiro atoms. The standard InChI is InChI=1S/C18H16Cl2N2O4/c1-26-18(25)12-5-6-14(20)15(10-12)22-17(24)16(23)21-8-7-11-3-2-4-13(19)9-11/h2-6,9-10H,7-8H2,1H3,(H,21,23)(H,22,24). The summed E-state index contributed by atoms with van der Waals surface area (Å²) in [6, 6.07) is 11.4. The largest absolute Gasteiger partial charge is 0.465 e. The van der Waals surface area contributed by atoms with E-state index in [1.807, 2.05) is 12.1 Å². The fraction of sp³-hybridized carbons (Fsp3) is 0.167. The van der Waals surface area contributed by atoms with Crippen LogP contribution < -0.4 is 10.6 Å². The number of hydrogen-bond donors (Lipinski definition) is 2. The van der Waals surface area contributed by atoms with Crippen LogP contribution in [0.15, 0.2) is 42.5 Å². The molecule has 0 bridgehead atoms. The summed E-state index contributed by atoms with van der Waals surface area (Å²) in [5.74, 6) is -2.28. The first-order valence-electron chi connectivity index (χ1n) is 7.62. The third-order valence-electron chi connectivity index (χ3n) is 3.43. The molecule has 2 aromatic carbocycles. The second-order valence-electron chi connectivity index (χ2n) is 5.28. The normalized spacial score (nSPS) is 10.1. The van der Waals surface area contributed by atoms with Gasteiger partial charge in [-0.3, -0.25) is 9.59 Å². The number of ether oxygens (including phenoxy) is 1. The first-order chi connectivity index (χ1) is 12.4. The summed E-state index contributed by atoms with van der Waals surface area (Å²) < 4.78 is 4.60. The van der Waals surface area contributed by atoms with E-state index in [1.54, 1.807) is 12.1 Å². The molecule has 6 nitrogen and oxygen atoms in total. The molecular formula is C18H16Cl2N2O4. The van der Waals surface area contributed by atoms with Crippen molar-refractivity contribution in [2.45, 2.75) is 6.42 Å². The predicted octanol–water partition coefficient (Wildman–Crippen LogP) is 3.08. The van der Waals surface area contributed by atoms with Crippen LogP contribution >= 0.6 is 23.2 Å². The zero-order valence-electron chi connectivity index (χ0n) is 13.8. The summed E-state index contributed by atoms with van der Waals surface area (Å²) in [5.41, 5.74) is 1.28. The van der Waals surface area contributed by atoms with Gasteiger partial charge in [0, 0.05) is 11.6 Å². The monoisotopic (exact) mass is 394 g/mol. The molecule has 2 aromatic rings. The first-order valence-corrected chi connectivity index (χ1v) is 8.38. The number of carbonyl (C=O) groups excluding carboxylic acids is 3. The SMILES string of the molecule is COC(=O)c1ccc(Cl)c(NC(=O)C(=O)NCCc2cccc(Cl)c2)c1. The maximum atomic E-state index is 12.0. The molecule has 136 valence electrons. The Labute approximate surface area is 160 Å². The Bertz CT molecular complexity index is 840. The summed E-state index contributed by atoms with van der Waals surface area (Å²) in [4.78, 5) is 35.4. The number of amides is 2. The van der Waals surface area contributed by atoms with E-state index in [0.29, 0.717) is 11.4 Å². The molecule has 26 heavy (non-hydrogen) atoms. The van der Waals surface area contributed by atoms with E-state index in [9.17, 15) is 14.4 Å². The highest BCUT2D eigenvalue weighted by Crippen LogP contribution is 2.23. The number of benzene rings is 2. The molecular weight excluding hydrogens is 379 g/mol.